The summed E-state index contributed by atoms with van der Waals surface area (Å²) in [7, 11) is 1.85. The molecule has 2 rings (SSSR count). The van der Waals surface area contributed by atoms with Crippen LogP contribution < -0.4 is 0 Å². The van der Waals surface area contributed by atoms with Crippen molar-refractivity contribution in [1.82, 2.24) is 9.80 Å². The first-order valence-corrected chi connectivity index (χ1v) is 5.79. The SMILES string of the molecule is CCN(C)C(=O)N1CCc2ccccc2C1. The molecule has 86 valence electrons. The van der Waals surface area contributed by atoms with E-state index >= 15 is 0 Å². The molecule has 0 aliphatic carbocycles. The molecule has 1 aliphatic heterocycles. The Hall–Kier alpha value is -1.51. The third-order valence-corrected chi connectivity index (χ3v) is 3.20. The van der Waals surface area contributed by atoms with Crippen molar-refractivity contribution >= 4 is 6.03 Å². The van der Waals surface area contributed by atoms with E-state index in [-0.39, 0.29) is 6.03 Å². The smallest absolute Gasteiger partial charge is 0.320 e. The van der Waals surface area contributed by atoms with Gasteiger partial charge in [0.1, 0.15) is 0 Å². The summed E-state index contributed by atoms with van der Waals surface area (Å²) in [6.07, 6.45) is 0.972. The number of rotatable bonds is 1. The number of hydrogen-bond donors (Lipinski definition) is 0. The third-order valence-electron chi connectivity index (χ3n) is 3.20. The zero-order chi connectivity index (χ0) is 11.5. The normalized spacial score (nSPS) is 14.5. The molecule has 0 saturated heterocycles. The van der Waals surface area contributed by atoms with Gasteiger partial charge in [-0.25, -0.2) is 4.79 Å². The van der Waals surface area contributed by atoms with E-state index in [4.69, 9.17) is 0 Å². The second-order valence-electron chi connectivity index (χ2n) is 4.24. The first-order valence-electron chi connectivity index (χ1n) is 5.79. The van der Waals surface area contributed by atoms with Gasteiger partial charge in [-0.15, -0.1) is 0 Å². The number of carbonyl (C=O) groups is 1. The molecular formula is C13H18N2O. The Morgan fingerprint density at radius 3 is 2.75 bits per heavy atom. The first-order chi connectivity index (χ1) is 7.72. The van der Waals surface area contributed by atoms with Crippen molar-refractivity contribution < 1.29 is 4.79 Å². The van der Waals surface area contributed by atoms with E-state index in [2.05, 4.69) is 18.2 Å². The predicted molar refractivity (Wildman–Crippen MR) is 64.3 cm³/mol. The standard InChI is InChI=1S/C13H18N2O/c1-3-14(2)13(16)15-9-8-11-6-4-5-7-12(11)10-15/h4-7H,3,8-10H2,1-2H3. The number of carbonyl (C=O) groups excluding carboxylic acids is 1. The number of urea groups is 1. The van der Waals surface area contributed by atoms with Crippen LogP contribution in [0.2, 0.25) is 0 Å². The molecule has 0 radical (unpaired) electrons. The molecule has 0 N–H and O–H groups in total. The van der Waals surface area contributed by atoms with Crippen molar-refractivity contribution in [2.45, 2.75) is 19.9 Å². The van der Waals surface area contributed by atoms with Gasteiger partial charge in [-0.1, -0.05) is 24.3 Å². The molecule has 0 atom stereocenters. The number of amides is 2. The highest BCUT2D eigenvalue weighted by Crippen LogP contribution is 2.19. The summed E-state index contributed by atoms with van der Waals surface area (Å²) in [4.78, 5) is 15.7. The van der Waals surface area contributed by atoms with Crippen LogP contribution in [-0.2, 0) is 13.0 Å². The van der Waals surface area contributed by atoms with Crippen LogP contribution in [0, 0.1) is 0 Å². The number of hydrogen-bond acceptors (Lipinski definition) is 1. The van der Waals surface area contributed by atoms with Crippen LogP contribution in [0.4, 0.5) is 4.79 Å². The lowest BCUT2D eigenvalue weighted by atomic mass is 10.0. The Bertz CT molecular complexity index is 389. The molecule has 0 spiro atoms. The van der Waals surface area contributed by atoms with Crippen molar-refractivity contribution in [3.63, 3.8) is 0 Å². The molecule has 2 amide bonds. The van der Waals surface area contributed by atoms with Crippen LogP contribution in [0.3, 0.4) is 0 Å². The molecular weight excluding hydrogens is 200 g/mol. The average Bonchev–Trinajstić information content (AvgIpc) is 2.36. The molecule has 1 heterocycles. The summed E-state index contributed by atoms with van der Waals surface area (Å²) >= 11 is 0. The van der Waals surface area contributed by atoms with Gasteiger partial charge < -0.3 is 9.80 Å². The maximum atomic E-state index is 12.0. The fourth-order valence-corrected chi connectivity index (χ4v) is 2.04. The number of fused-ring (bicyclic) bond motifs is 1. The van der Waals surface area contributed by atoms with E-state index in [1.165, 1.54) is 11.1 Å². The number of benzene rings is 1. The van der Waals surface area contributed by atoms with Crippen LogP contribution in [0.1, 0.15) is 18.1 Å². The zero-order valence-corrected chi connectivity index (χ0v) is 9.94. The van der Waals surface area contributed by atoms with Gasteiger partial charge in [0.2, 0.25) is 0 Å². The van der Waals surface area contributed by atoms with Crippen LogP contribution in [0.5, 0.6) is 0 Å². The van der Waals surface area contributed by atoms with Crippen molar-refractivity contribution in [2.75, 3.05) is 20.1 Å². The van der Waals surface area contributed by atoms with Crippen LogP contribution in [0.15, 0.2) is 24.3 Å². The Kier molecular flexibility index (Phi) is 3.13. The van der Waals surface area contributed by atoms with E-state index in [0.717, 1.165) is 26.1 Å². The van der Waals surface area contributed by atoms with Crippen molar-refractivity contribution in [1.29, 1.82) is 0 Å². The zero-order valence-electron chi connectivity index (χ0n) is 9.94. The topological polar surface area (TPSA) is 23.6 Å². The van der Waals surface area contributed by atoms with E-state index in [9.17, 15) is 4.79 Å². The van der Waals surface area contributed by atoms with E-state index < -0.39 is 0 Å². The lowest BCUT2D eigenvalue weighted by molar-refractivity contribution is 0.159. The second kappa shape index (κ2) is 4.56. The van der Waals surface area contributed by atoms with E-state index in [1.807, 2.05) is 24.9 Å². The highest BCUT2D eigenvalue weighted by atomic mass is 16.2. The second-order valence-corrected chi connectivity index (χ2v) is 4.24. The fraction of sp³-hybridized carbons (Fsp3) is 0.462. The van der Waals surface area contributed by atoms with Crippen molar-refractivity contribution in [3.05, 3.63) is 35.4 Å². The highest BCUT2D eigenvalue weighted by molar-refractivity contribution is 5.74. The van der Waals surface area contributed by atoms with Crippen LogP contribution >= 0.6 is 0 Å². The monoisotopic (exact) mass is 218 g/mol. The molecule has 3 heteroatoms. The number of nitrogens with zero attached hydrogens (tertiary/aromatic N) is 2. The Morgan fingerprint density at radius 1 is 1.38 bits per heavy atom. The van der Waals surface area contributed by atoms with Gasteiger partial charge in [0.05, 0.1) is 0 Å². The third kappa shape index (κ3) is 2.03. The minimum Gasteiger partial charge on any atom is -0.328 e. The molecule has 1 aromatic carbocycles. The Balaban J connectivity index is 2.11. The molecule has 0 saturated carbocycles. The van der Waals surface area contributed by atoms with E-state index in [0.29, 0.717) is 0 Å². The summed E-state index contributed by atoms with van der Waals surface area (Å²) in [5, 5.41) is 0. The lowest BCUT2D eigenvalue weighted by Gasteiger charge is -2.31. The highest BCUT2D eigenvalue weighted by Gasteiger charge is 2.21. The summed E-state index contributed by atoms with van der Waals surface area (Å²) in [5.41, 5.74) is 2.66. The van der Waals surface area contributed by atoms with E-state index in [1.54, 1.807) is 4.90 Å². The predicted octanol–water partition coefficient (Wildman–Crippen LogP) is 2.12. The van der Waals surface area contributed by atoms with Crippen LogP contribution in [-0.4, -0.2) is 36.0 Å². The Morgan fingerprint density at radius 2 is 2.06 bits per heavy atom. The minimum absolute atomic E-state index is 0.136. The molecule has 0 unspecified atom stereocenters. The lowest BCUT2D eigenvalue weighted by Crippen LogP contribution is -2.43. The van der Waals surface area contributed by atoms with Gasteiger partial charge in [-0.3, -0.25) is 0 Å². The molecule has 1 aromatic rings. The maximum Gasteiger partial charge on any atom is 0.320 e. The molecule has 1 aliphatic rings. The molecule has 16 heavy (non-hydrogen) atoms. The van der Waals surface area contributed by atoms with Gasteiger partial charge in [0.15, 0.2) is 0 Å². The maximum absolute atomic E-state index is 12.0. The van der Waals surface area contributed by atoms with Gasteiger partial charge >= 0.3 is 6.03 Å². The van der Waals surface area contributed by atoms with Crippen molar-refractivity contribution in [2.24, 2.45) is 0 Å². The van der Waals surface area contributed by atoms with Crippen LogP contribution in [0.25, 0.3) is 0 Å². The van der Waals surface area contributed by atoms with Gasteiger partial charge in [0.25, 0.3) is 0 Å². The summed E-state index contributed by atoms with van der Waals surface area (Å²) in [5.74, 6) is 0. The molecule has 0 fully saturated rings. The Labute approximate surface area is 96.7 Å². The van der Waals surface area contributed by atoms with Crippen molar-refractivity contribution in [3.8, 4) is 0 Å². The van der Waals surface area contributed by atoms with Gasteiger partial charge in [-0.05, 0) is 24.5 Å². The molecule has 0 bridgehead atoms. The summed E-state index contributed by atoms with van der Waals surface area (Å²) < 4.78 is 0. The minimum atomic E-state index is 0.136. The molecule has 3 nitrogen and oxygen atoms in total. The quantitative estimate of drug-likeness (QED) is 0.708. The van der Waals surface area contributed by atoms with Gasteiger partial charge in [0, 0.05) is 26.7 Å². The summed E-state index contributed by atoms with van der Waals surface area (Å²) in [6.45, 7) is 4.34. The summed E-state index contributed by atoms with van der Waals surface area (Å²) in [6, 6.07) is 8.50. The molecule has 0 aromatic heterocycles. The van der Waals surface area contributed by atoms with Gasteiger partial charge in [-0.2, -0.15) is 0 Å². The fourth-order valence-electron chi connectivity index (χ4n) is 2.04. The first kappa shape index (κ1) is 11.0. The largest absolute Gasteiger partial charge is 0.328 e. The average molecular weight is 218 g/mol.